The third-order valence-electron chi connectivity index (χ3n) is 5.91. The molecule has 1 aliphatic heterocycles. The molecule has 0 aliphatic carbocycles. The van der Waals surface area contributed by atoms with Gasteiger partial charge in [-0.3, -0.25) is 9.59 Å². The van der Waals surface area contributed by atoms with Crippen LogP contribution in [0.25, 0.3) is 22.2 Å². The summed E-state index contributed by atoms with van der Waals surface area (Å²) in [4.78, 5) is 27.4. The fourth-order valence-electron chi connectivity index (χ4n) is 4.14. The molecule has 0 atom stereocenters. The quantitative estimate of drug-likeness (QED) is 0.521. The van der Waals surface area contributed by atoms with Crippen molar-refractivity contribution in [3.63, 3.8) is 0 Å². The Balaban J connectivity index is 1.27. The third kappa shape index (κ3) is 3.99. The number of hydrogen-bond acceptors (Lipinski definition) is 4. The largest absolute Gasteiger partial charge is 0.355 e. The summed E-state index contributed by atoms with van der Waals surface area (Å²) in [5, 5.41) is 8.04. The molecule has 2 amide bonds. The molecule has 1 fully saturated rings. The molecule has 0 radical (unpaired) electrons. The van der Waals surface area contributed by atoms with Crippen molar-refractivity contribution < 1.29 is 14.1 Å². The molecule has 1 aromatic heterocycles. The Kier molecular flexibility index (Phi) is 5.42. The zero-order valence-corrected chi connectivity index (χ0v) is 17.5. The number of benzene rings is 3. The van der Waals surface area contributed by atoms with Crippen molar-refractivity contribution in [2.45, 2.75) is 18.9 Å². The van der Waals surface area contributed by atoms with Crippen LogP contribution >= 0.6 is 0 Å². The molecule has 6 nitrogen and oxygen atoms in total. The normalized spacial score (nSPS) is 14.4. The van der Waals surface area contributed by atoms with Crippen LogP contribution in [0.1, 0.15) is 33.6 Å². The van der Waals surface area contributed by atoms with Crippen LogP contribution in [0, 0.1) is 0 Å². The minimum Gasteiger partial charge on any atom is -0.355 e. The predicted molar refractivity (Wildman–Crippen MR) is 122 cm³/mol. The number of amides is 2. The van der Waals surface area contributed by atoms with Crippen LogP contribution in [0.4, 0.5) is 0 Å². The maximum Gasteiger partial charge on any atom is 0.253 e. The molecule has 1 saturated heterocycles. The van der Waals surface area contributed by atoms with Gasteiger partial charge in [-0.05, 0) is 43.2 Å². The van der Waals surface area contributed by atoms with Crippen LogP contribution in [0.15, 0.2) is 83.4 Å². The molecule has 3 aromatic carbocycles. The fraction of sp³-hybridized carbons (Fsp3) is 0.192. The standard InChI is InChI=1S/C26H23N3O3/c30-25(19-9-5-2-6-10-19)27-21-13-15-29(16-14-21)26(31)20-11-12-23-22(17-20)24(32-28-23)18-7-3-1-4-8-18/h1-12,17,21H,13-16H2,(H,27,30). The van der Waals surface area contributed by atoms with Crippen LogP contribution in [-0.4, -0.2) is 41.0 Å². The van der Waals surface area contributed by atoms with Crippen LogP contribution < -0.4 is 5.32 Å². The third-order valence-corrected chi connectivity index (χ3v) is 5.91. The minimum absolute atomic E-state index is 0.0139. The van der Waals surface area contributed by atoms with Crippen LogP contribution in [-0.2, 0) is 0 Å². The summed E-state index contributed by atoms with van der Waals surface area (Å²) in [5.41, 5.74) is 2.92. The van der Waals surface area contributed by atoms with E-state index in [9.17, 15) is 9.59 Å². The second-order valence-corrected chi connectivity index (χ2v) is 8.02. The molecule has 1 N–H and O–H groups in total. The number of hydrogen-bond donors (Lipinski definition) is 1. The SMILES string of the molecule is O=C(NC1CCN(C(=O)c2ccc3noc(-c4ccccc4)c3c2)CC1)c1ccccc1. The molecule has 0 unspecified atom stereocenters. The van der Waals surface area contributed by atoms with Crippen LogP contribution in [0.3, 0.4) is 0 Å². The van der Waals surface area contributed by atoms with E-state index in [0.29, 0.717) is 30.0 Å². The van der Waals surface area contributed by atoms with Gasteiger partial charge in [0.15, 0.2) is 5.76 Å². The molecule has 160 valence electrons. The molecular weight excluding hydrogens is 402 g/mol. The monoisotopic (exact) mass is 425 g/mol. The molecule has 2 heterocycles. The number of carbonyl (C=O) groups is 2. The second kappa shape index (κ2) is 8.67. The van der Waals surface area contributed by atoms with Gasteiger partial charge in [0, 0.05) is 35.8 Å². The number of fused-ring (bicyclic) bond motifs is 1. The number of rotatable bonds is 4. The zero-order chi connectivity index (χ0) is 21.9. The van der Waals surface area contributed by atoms with Gasteiger partial charge in [0.1, 0.15) is 5.52 Å². The molecule has 1 aliphatic rings. The van der Waals surface area contributed by atoms with Crippen molar-refractivity contribution >= 4 is 22.7 Å². The van der Waals surface area contributed by atoms with Crippen molar-refractivity contribution in [1.29, 1.82) is 0 Å². The first-order valence-corrected chi connectivity index (χ1v) is 10.8. The van der Waals surface area contributed by atoms with E-state index in [4.69, 9.17) is 4.52 Å². The molecule has 0 bridgehead atoms. The van der Waals surface area contributed by atoms with Crippen molar-refractivity contribution in [1.82, 2.24) is 15.4 Å². The number of carbonyl (C=O) groups excluding carboxylic acids is 2. The highest BCUT2D eigenvalue weighted by Crippen LogP contribution is 2.29. The molecule has 0 saturated carbocycles. The highest BCUT2D eigenvalue weighted by atomic mass is 16.5. The zero-order valence-electron chi connectivity index (χ0n) is 17.5. The topological polar surface area (TPSA) is 75.4 Å². The van der Waals surface area contributed by atoms with Crippen molar-refractivity contribution in [3.8, 4) is 11.3 Å². The molecule has 0 spiro atoms. The number of nitrogens with zero attached hydrogens (tertiary/aromatic N) is 2. The second-order valence-electron chi connectivity index (χ2n) is 8.02. The number of aromatic nitrogens is 1. The molecule has 4 aromatic rings. The summed E-state index contributed by atoms with van der Waals surface area (Å²) >= 11 is 0. The van der Waals surface area contributed by atoms with E-state index in [1.54, 1.807) is 18.2 Å². The number of piperidine rings is 1. The van der Waals surface area contributed by atoms with E-state index < -0.39 is 0 Å². The van der Waals surface area contributed by atoms with E-state index in [1.165, 1.54) is 0 Å². The summed E-state index contributed by atoms with van der Waals surface area (Å²) in [6.45, 7) is 1.21. The summed E-state index contributed by atoms with van der Waals surface area (Å²) in [6.07, 6.45) is 1.46. The average molecular weight is 425 g/mol. The predicted octanol–water partition coefficient (Wildman–Crippen LogP) is 4.53. The van der Waals surface area contributed by atoms with Crippen LogP contribution in [0.5, 0.6) is 0 Å². The van der Waals surface area contributed by atoms with Gasteiger partial charge in [0.05, 0.1) is 5.39 Å². The lowest BCUT2D eigenvalue weighted by atomic mass is 10.0. The van der Waals surface area contributed by atoms with Gasteiger partial charge >= 0.3 is 0 Å². The van der Waals surface area contributed by atoms with Gasteiger partial charge in [-0.25, -0.2) is 0 Å². The van der Waals surface area contributed by atoms with E-state index in [-0.39, 0.29) is 17.9 Å². The number of likely N-dealkylation sites (tertiary alicyclic amines) is 1. The lowest BCUT2D eigenvalue weighted by Gasteiger charge is -2.32. The maximum absolute atomic E-state index is 13.2. The first kappa shape index (κ1) is 20.0. The van der Waals surface area contributed by atoms with Gasteiger partial charge in [0.25, 0.3) is 11.8 Å². The Morgan fingerprint density at radius 2 is 1.56 bits per heavy atom. The van der Waals surface area contributed by atoms with Gasteiger partial charge < -0.3 is 14.7 Å². The summed E-state index contributed by atoms with van der Waals surface area (Å²) < 4.78 is 5.55. The highest BCUT2D eigenvalue weighted by molar-refractivity contribution is 6.01. The first-order chi connectivity index (χ1) is 15.7. The van der Waals surface area contributed by atoms with Crippen molar-refractivity contribution in [3.05, 3.63) is 90.0 Å². The van der Waals surface area contributed by atoms with Crippen LogP contribution in [0.2, 0.25) is 0 Å². The summed E-state index contributed by atoms with van der Waals surface area (Å²) in [7, 11) is 0. The van der Waals surface area contributed by atoms with Crippen molar-refractivity contribution in [2.24, 2.45) is 0 Å². The molecule has 6 heteroatoms. The van der Waals surface area contributed by atoms with E-state index in [0.717, 1.165) is 29.3 Å². The smallest absolute Gasteiger partial charge is 0.253 e. The lowest BCUT2D eigenvalue weighted by molar-refractivity contribution is 0.0698. The first-order valence-electron chi connectivity index (χ1n) is 10.8. The molecular formula is C26H23N3O3. The van der Waals surface area contributed by atoms with E-state index >= 15 is 0 Å². The Hall–Kier alpha value is -3.93. The van der Waals surface area contributed by atoms with Gasteiger partial charge in [-0.2, -0.15) is 0 Å². The minimum atomic E-state index is -0.0678. The Bertz CT molecular complexity index is 1240. The van der Waals surface area contributed by atoms with Gasteiger partial charge in [-0.15, -0.1) is 0 Å². The number of nitrogens with one attached hydrogen (secondary N) is 1. The summed E-state index contributed by atoms with van der Waals surface area (Å²) in [6, 6.07) is 24.5. The Labute approximate surface area is 185 Å². The highest BCUT2D eigenvalue weighted by Gasteiger charge is 2.25. The average Bonchev–Trinajstić information content (AvgIpc) is 3.28. The molecule has 32 heavy (non-hydrogen) atoms. The molecule has 5 rings (SSSR count). The lowest BCUT2D eigenvalue weighted by Crippen LogP contribution is -2.46. The Morgan fingerprint density at radius 3 is 2.28 bits per heavy atom. The summed E-state index contributed by atoms with van der Waals surface area (Å²) in [5.74, 6) is 0.583. The van der Waals surface area contributed by atoms with E-state index in [2.05, 4.69) is 10.5 Å². The van der Waals surface area contributed by atoms with Gasteiger partial charge in [0.2, 0.25) is 0 Å². The van der Waals surface area contributed by atoms with Gasteiger partial charge in [-0.1, -0.05) is 53.7 Å². The Morgan fingerprint density at radius 1 is 0.875 bits per heavy atom. The maximum atomic E-state index is 13.2. The van der Waals surface area contributed by atoms with Crippen molar-refractivity contribution in [2.75, 3.05) is 13.1 Å². The van der Waals surface area contributed by atoms with E-state index in [1.807, 2.05) is 65.6 Å². The fourth-order valence-corrected chi connectivity index (χ4v) is 4.14.